The average Bonchev–Trinajstić information content (AvgIpc) is 2.81. The minimum absolute atomic E-state index is 0.207. The highest BCUT2D eigenvalue weighted by Gasteiger charge is 2.23. The van der Waals surface area contributed by atoms with Crippen LogP contribution in [0.15, 0.2) is 18.2 Å². The van der Waals surface area contributed by atoms with Crippen LogP contribution in [0.2, 0.25) is 0 Å². The number of rotatable bonds is 2. The fourth-order valence-corrected chi connectivity index (χ4v) is 1.63. The maximum Gasteiger partial charge on any atom is 0.281 e. The van der Waals surface area contributed by atoms with E-state index >= 15 is 0 Å². The molecule has 1 aromatic carbocycles. The highest BCUT2D eigenvalue weighted by atomic mass is 16.7. The first-order chi connectivity index (χ1) is 7.72. The Morgan fingerprint density at radius 2 is 2.38 bits per heavy atom. The minimum atomic E-state index is -0.207. The van der Waals surface area contributed by atoms with Crippen molar-refractivity contribution in [1.82, 2.24) is 5.06 Å². The summed E-state index contributed by atoms with van der Waals surface area (Å²) >= 11 is 0. The molecule has 5 heteroatoms. The summed E-state index contributed by atoms with van der Waals surface area (Å²) in [6.45, 7) is 1.19. The van der Waals surface area contributed by atoms with Gasteiger partial charge in [0.15, 0.2) is 0 Å². The van der Waals surface area contributed by atoms with Crippen LogP contribution in [0.5, 0.6) is 5.75 Å². The molecule has 0 aliphatic carbocycles. The SMILES string of the molecule is COc1ccc(N)cc1C(=O)N1CCCO1. The highest BCUT2D eigenvalue weighted by molar-refractivity contribution is 5.97. The first-order valence-electron chi connectivity index (χ1n) is 5.10. The molecule has 0 bridgehead atoms. The standard InChI is InChI=1S/C11H14N2O3/c1-15-10-4-3-8(12)7-9(10)11(14)13-5-2-6-16-13/h3-4,7H,2,5-6,12H2,1H3. The lowest BCUT2D eigenvalue weighted by atomic mass is 10.1. The number of amides is 1. The number of methoxy groups -OCH3 is 1. The van der Waals surface area contributed by atoms with Gasteiger partial charge in [0.1, 0.15) is 5.75 Å². The zero-order valence-corrected chi connectivity index (χ0v) is 9.10. The van der Waals surface area contributed by atoms with Crippen LogP contribution in [0.4, 0.5) is 5.69 Å². The molecule has 0 saturated carbocycles. The van der Waals surface area contributed by atoms with Crippen LogP contribution in [0, 0.1) is 0 Å². The molecule has 1 heterocycles. The van der Waals surface area contributed by atoms with E-state index in [1.165, 1.54) is 12.2 Å². The second-order valence-electron chi connectivity index (χ2n) is 3.55. The van der Waals surface area contributed by atoms with Crippen molar-refractivity contribution < 1.29 is 14.4 Å². The molecule has 86 valence electrons. The first kappa shape index (κ1) is 10.8. The number of hydrogen-bond acceptors (Lipinski definition) is 4. The third-order valence-electron chi connectivity index (χ3n) is 2.43. The van der Waals surface area contributed by atoms with Gasteiger partial charge in [-0.2, -0.15) is 0 Å². The summed E-state index contributed by atoms with van der Waals surface area (Å²) in [4.78, 5) is 17.2. The monoisotopic (exact) mass is 222 g/mol. The van der Waals surface area contributed by atoms with E-state index in [0.717, 1.165) is 6.42 Å². The van der Waals surface area contributed by atoms with E-state index in [4.69, 9.17) is 15.3 Å². The van der Waals surface area contributed by atoms with E-state index in [1.807, 2.05) is 0 Å². The second kappa shape index (κ2) is 4.40. The molecule has 1 aliphatic rings. The molecular weight excluding hydrogens is 208 g/mol. The van der Waals surface area contributed by atoms with Gasteiger partial charge in [-0.3, -0.25) is 9.63 Å². The molecule has 0 spiro atoms. The van der Waals surface area contributed by atoms with Crippen molar-refractivity contribution in [3.63, 3.8) is 0 Å². The number of nitrogen functional groups attached to an aromatic ring is 1. The molecule has 0 aromatic heterocycles. The van der Waals surface area contributed by atoms with Gasteiger partial charge in [0.2, 0.25) is 0 Å². The van der Waals surface area contributed by atoms with Gasteiger partial charge in [-0.25, -0.2) is 5.06 Å². The Morgan fingerprint density at radius 1 is 1.56 bits per heavy atom. The minimum Gasteiger partial charge on any atom is -0.496 e. The normalized spacial score (nSPS) is 15.2. The van der Waals surface area contributed by atoms with Crippen LogP contribution < -0.4 is 10.5 Å². The number of ether oxygens (including phenoxy) is 1. The van der Waals surface area contributed by atoms with Crippen molar-refractivity contribution >= 4 is 11.6 Å². The van der Waals surface area contributed by atoms with E-state index in [0.29, 0.717) is 30.2 Å². The number of carbonyl (C=O) groups excluding carboxylic acids is 1. The molecule has 0 radical (unpaired) electrons. The number of anilines is 1. The molecule has 0 unspecified atom stereocenters. The molecule has 0 atom stereocenters. The molecule has 1 aromatic rings. The summed E-state index contributed by atoms with van der Waals surface area (Å²) in [7, 11) is 1.52. The van der Waals surface area contributed by atoms with Crippen molar-refractivity contribution in [3.05, 3.63) is 23.8 Å². The maximum atomic E-state index is 12.0. The van der Waals surface area contributed by atoms with E-state index in [1.54, 1.807) is 18.2 Å². The van der Waals surface area contributed by atoms with E-state index in [9.17, 15) is 4.79 Å². The predicted molar refractivity (Wildman–Crippen MR) is 59.0 cm³/mol. The van der Waals surface area contributed by atoms with Crippen LogP contribution >= 0.6 is 0 Å². The summed E-state index contributed by atoms with van der Waals surface area (Å²) in [5.41, 5.74) is 6.62. The Bertz CT molecular complexity index is 400. The number of hydrogen-bond donors (Lipinski definition) is 1. The van der Waals surface area contributed by atoms with Gasteiger partial charge in [-0.1, -0.05) is 0 Å². The Kier molecular flexibility index (Phi) is 2.96. The zero-order chi connectivity index (χ0) is 11.5. The largest absolute Gasteiger partial charge is 0.496 e. The lowest BCUT2D eigenvalue weighted by Crippen LogP contribution is -2.27. The quantitative estimate of drug-likeness (QED) is 0.760. The van der Waals surface area contributed by atoms with Crippen LogP contribution in [0.1, 0.15) is 16.8 Å². The molecule has 1 fully saturated rings. The van der Waals surface area contributed by atoms with Gasteiger partial charge < -0.3 is 10.5 Å². The van der Waals surface area contributed by atoms with Crippen molar-refractivity contribution in [2.75, 3.05) is 26.0 Å². The maximum absolute atomic E-state index is 12.0. The van der Waals surface area contributed by atoms with Crippen molar-refractivity contribution in [2.24, 2.45) is 0 Å². The molecular formula is C11H14N2O3. The predicted octanol–water partition coefficient (Wildman–Crippen LogP) is 1.05. The van der Waals surface area contributed by atoms with Gasteiger partial charge in [0.25, 0.3) is 5.91 Å². The number of nitrogens with zero attached hydrogens (tertiary/aromatic N) is 1. The summed E-state index contributed by atoms with van der Waals surface area (Å²) < 4.78 is 5.12. The lowest BCUT2D eigenvalue weighted by Gasteiger charge is -2.16. The van der Waals surface area contributed by atoms with E-state index in [2.05, 4.69) is 0 Å². The Labute approximate surface area is 93.7 Å². The third kappa shape index (κ3) is 1.94. The van der Waals surface area contributed by atoms with Crippen molar-refractivity contribution in [2.45, 2.75) is 6.42 Å². The highest BCUT2D eigenvalue weighted by Crippen LogP contribution is 2.23. The van der Waals surface area contributed by atoms with Crippen molar-refractivity contribution in [3.8, 4) is 5.75 Å². The topological polar surface area (TPSA) is 64.8 Å². The van der Waals surface area contributed by atoms with Crippen LogP contribution in [0.25, 0.3) is 0 Å². The zero-order valence-electron chi connectivity index (χ0n) is 9.10. The Hall–Kier alpha value is -1.75. The van der Waals surface area contributed by atoms with Crippen LogP contribution in [-0.2, 0) is 4.84 Å². The first-order valence-corrected chi connectivity index (χ1v) is 5.10. The average molecular weight is 222 g/mol. The number of nitrogens with two attached hydrogens (primary N) is 1. The molecule has 2 rings (SSSR count). The van der Waals surface area contributed by atoms with Crippen LogP contribution in [0.3, 0.4) is 0 Å². The molecule has 2 N–H and O–H groups in total. The van der Waals surface area contributed by atoms with E-state index in [-0.39, 0.29) is 5.91 Å². The Balaban J connectivity index is 2.30. The summed E-state index contributed by atoms with van der Waals surface area (Å²) in [5, 5.41) is 1.34. The molecule has 1 aliphatic heterocycles. The van der Waals surface area contributed by atoms with Crippen molar-refractivity contribution in [1.29, 1.82) is 0 Å². The van der Waals surface area contributed by atoms with Gasteiger partial charge >= 0.3 is 0 Å². The summed E-state index contributed by atoms with van der Waals surface area (Å²) in [6, 6.07) is 4.97. The van der Waals surface area contributed by atoms with Gasteiger partial charge in [0.05, 0.1) is 25.8 Å². The second-order valence-corrected chi connectivity index (χ2v) is 3.55. The number of carbonyl (C=O) groups is 1. The number of benzene rings is 1. The van der Waals surface area contributed by atoms with Gasteiger partial charge in [0, 0.05) is 5.69 Å². The summed E-state index contributed by atoms with van der Waals surface area (Å²) in [6.07, 6.45) is 0.858. The lowest BCUT2D eigenvalue weighted by molar-refractivity contribution is -0.0769. The fourth-order valence-electron chi connectivity index (χ4n) is 1.63. The van der Waals surface area contributed by atoms with Crippen LogP contribution in [-0.4, -0.2) is 31.2 Å². The molecule has 5 nitrogen and oxygen atoms in total. The van der Waals surface area contributed by atoms with Gasteiger partial charge in [-0.05, 0) is 24.6 Å². The van der Waals surface area contributed by atoms with Gasteiger partial charge in [-0.15, -0.1) is 0 Å². The smallest absolute Gasteiger partial charge is 0.281 e. The Morgan fingerprint density at radius 3 is 3.00 bits per heavy atom. The fraction of sp³-hybridized carbons (Fsp3) is 0.364. The molecule has 16 heavy (non-hydrogen) atoms. The third-order valence-corrected chi connectivity index (χ3v) is 2.43. The number of hydroxylamine groups is 2. The summed E-state index contributed by atoms with van der Waals surface area (Å²) in [5.74, 6) is 0.302. The molecule has 1 saturated heterocycles. The van der Waals surface area contributed by atoms with E-state index < -0.39 is 0 Å². The molecule has 1 amide bonds.